The number of nitrogen functional groups attached to an aromatic ring is 1. The number of alkyl halides is 3. The number of hydrogen-bond acceptors (Lipinski definition) is 15. The Bertz CT molecular complexity index is 1740. The van der Waals surface area contributed by atoms with Crippen molar-refractivity contribution >= 4 is 46.7 Å². The van der Waals surface area contributed by atoms with Gasteiger partial charge < -0.3 is 39.8 Å². The van der Waals surface area contributed by atoms with E-state index in [0.29, 0.717) is 4.68 Å². The largest absolute Gasteiger partial charge is 0.394 e. The summed E-state index contributed by atoms with van der Waals surface area (Å²) in [7, 11) is 0. The number of aromatic amines is 1. The summed E-state index contributed by atoms with van der Waals surface area (Å²) in [5, 5.41) is 27.1. The fraction of sp³-hybridized carbons (Fsp3) is 0.526. The van der Waals surface area contributed by atoms with E-state index in [9.17, 15) is 19.9 Å². The van der Waals surface area contributed by atoms with Crippen LogP contribution in [0.1, 0.15) is 12.5 Å². The molecule has 6 rings (SSSR count). The van der Waals surface area contributed by atoms with Gasteiger partial charge in [0.1, 0.15) is 24.6 Å². The van der Waals surface area contributed by atoms with Crippen LogP contribution in [0.2, 0.25) is 0 Å². The Kier molecular flexibility index (Phi) is 7.22. The van der Waals surface area contributed by atoms with Crippen molar-refractivity contribution in [3.05, 3.63) is 29.3 Å². The number of ether oxygens (including phenoxy) is 2. The van der Waals surface area contributed by atoms with Crippen molar-refractivity contribution in [2.75, 3.05) is 18.9 Å². The van der Waals surface area contributed by atoms with Gasteiger partial charge in [0, 0.05) is 0 Å². The molecule has 0 aromatic carbocycles. The van der Waals surface area contributed by atoms with E-state index in [4.69, 9.17) is 36.1 Å². The summed E-state index contributed by atoms with van der Waals surface area (Å²) in [6.07, 6.45) is -9.97. The van der Waals surface area contributed by atoms with Gasteiger partial charge in [-0.05, 0) is 11.8 Å². The van der Waals surface area contributed by atoms with E-state index in [0.717, 1.165) is 23.5 Å². The topological polar surface area (TPSA) is 244 Å². The van der Waals surface area contributed by atoms with Crippen molar-refractivity contribution in [2.24, 2.45) is 0 Å². The molecule has 2 aliphatic rings. The average Bonchev–Trinajstić information content (AvgIpc) is 3.69. The maximum atomic E-state index is 15.2. The Morgan fingerprint density at radius 2 is 1.98 bits per heavy atom. The van der Waals surface area contributed by atoms with Crippen LogP contribution in [0.4, 0.5) is 19.0 Å². The van der Waals surface area contributed by atoms with Gasteiger partial charge in [0.25, 0.3) is 5.56 Å². The number of H-pyrrole nitrogens is 1. The van der Waals surface area contributed by atoms with Gasteiger partial charge in [0.05, 0.1) is 25.9 Å². The maximum Gasteiger partial charge on any atom is 0.325 e. The highest BCUT2D eigenvalue weighted by atomic mass is 32.5. The molecule has 4 aromatic heterocycles. The van der Waals surface area contributed by atoms with Crippen LogP contribution in [0, 0.1) is 0 Å². The Balaban J connectivity index is 1.20. The Hall–Kier alpha value is -3.21. The van der Waals surface area contributed by atoms with Crippen molar-refractivity contribution < 1.29 is 46.8 Å². The van der Waals surface area contributed by atoms with Crippen LogP contribution in [-0.4, -0.2) is 109 Å². The summed E-state index contributed by atoms with van der Waals surface area (Å²) in [5.74, 6) is -4.08. The van der Waals surface area contributed by atoms with Gasteiger partial charge >= 0.3 is 12.6 Å². The molecule has 226 valence electrons. The molecule has 0 saturated carbocycles. The van der Waals surface area contributed by atoms with Crippen LogP contribution in [0.15, 0.2) is 23.8 Å². The van der Waals surface area contributed by atoms with Gasteiger partial charge in [-0.2, -0.15) is 13.5 Å². The number of anilines is 1. The highest BCUT2D eigenvalue weighted by Crippen LogP contribution is 2.51. The van der Waals surface area contributed by atoms with E-state index in [2.05, 4.69) is 35.2 Å². The van der Waals surface area contributed by atoms with Gasteiger partial charge in [-0.25, -0.2) is 24.3 Å². The lowest BCUT2D eigenvalue weighted by Gasteiger charge is -2.26. The lowest BCUT2D eigenvalue weighted by Crippen LogP contribution is -2.40. The third kappa shape index (κ3) is 4.73. The van der Waals surface area contributed by atoms with Crippen LogP contribution in [0.25, 0.3) is 22.3 Å². The molecule has 0 amide bonds. The molecule has 2 aliphatic heterocycles. The van der Waals surface area contributed by atoms with E-state index in [1.54, 1.807) is 0 Å². The van der Waals surface area contributed by atoms with E-state index in [-0.39, 0.29) is 28.1 Å². The lowest BCUT2D eigenvalue weighted by molar-refractivity contribution is -0.142. The Labute approximate surface area is 235 Å². The lowest BCUT2D eigenvalue weighted by atomic mass is 10.1. The fourth-order valence-corrected chi connectivity index (χ4v) is 6.00. The number of rotatable bonds is 8. The molecular weight excluding hydrogens is 616 g/mol. The minimum absolute atomic E-state index is 0.0290. The van der Waals surface area contributed by atoms with E-state index < -0.39 is 74.5 Å². The number of imidazole rings is 1. The molecule has 1 unspecified atom stereocenters. The number of aliphatic hydroxyl groups is 2. The average molecular weight is 636 g/mol. The third-order valence-corrected chi connectivity index (χ3v) is 8.19. The van der Waals surface area contributed by atoms with Crippen LogP contribution in [0.3, 0.4) is 0 Å². The second kappa shape index (κ2) is 10.5. The van der Waals surface area contributed by atoms with Crippen molar-refractivity contribution in [3.63, 3.8) is 0 Å². The molecule has 42 heavy (non-hydrogen) atoms. The first-order chi connectivity index (χ1) is 19.9. The Morgan fingerprint density at radius 1 is 1.19 bits per heavy atom. The first-order valence-electron chi connectivity index (χ1n) is 11.9. The molecule has 2 saturated heterocycles. The first-order valence-corrected chi connectivity index (χ1v) is 14.5. The van der Waals surface area contributed by atoms with Gasteiger partial charge in [-0.15, -0.1) is 5.10 Å². The molecule has 8 atom stereocenters. The molecule has 4 aromatic rings. The molecule has 0 spiro atoms. The number of aromatic nitrogens is 9. The summed E-state index contributed by atoms with van der Waals surface area (Å²) in [6.45, 7) is -6.18. The van der Waals surface area contributed by atoms with Crippen LogP contribution in [0.5, 0.6) is 0 Å². The first kappa shape index (κ1) is 28.9. The maximum absolute atomic E-state index is 15.2. The molecule has 0 aliphatic carbocycles. The summed E-state index contributed by atoms with van der Waals surface area (Å²) in [5.41, 5.74) is 4.66. The molecule has 23 heteroatoms. The summed E-state index contributed by atoms with van der Waals surface area (Å²) < 4.78 is 68.5. The quantitative estimate of drug-likeness (QED) is 0.141. The molecule has 18 nitrogen and oxygen atoms in total. The van der Waals surface area contributed by atoms with Crippen molar-refractivity contribution in [2.45, 2.75) is 49.0 Å². The summed E-state index contributed by atoms with van der Waals surface area (Å²) >= 11 is 4.98. The third-order valence-electron chi connectivity index (χ3n) is 6.63. The number of nitrogens with zero attached hydrogens (tertiary/aromatic N) is 8. The number of nitrogens with two attached hydrogens (primary N) is 1. The fourth-order valence-electron chi connectivity index (χ4n) is 4.59. The van der Waals surface area contributed by atoms with Gasteiger partial charge in [0.15, 0.2) is 46.6 Å². The van der Waals surface area contributed by atoms with Crippen molar-refractivity contribution in [3.8, 4) is 0 Å². The Morgan fingerprint density at radius 3 is 2.74 bits per heavy atom. The second-order valence-corrected chi connectivity index (χ2v) is 12.0. The van der Waals surface area contributed by atoms with Crippen molar-refractivity contribution in [1.82, 2.24) is 44.5 Å². The number of halogens is 3. The summed E-state index contributed by atoms with van der Waals surface area (Å²) in [4.78, 5) is 40.5. The minimum Gasteiger partial charge on any atom is -0.394 e. The molecule has 2 fully saturated rings. The van der Waals surface area contributed by atoms with Crippen molar-refractivity contribution in [1.29, 1.82) is 0 Å². The zero-order valence-corrected chi connectivity index (χ0v) is 22.4. The van der Waals surface area contributed by atoms with Crippen LogP contribution >= 0.6 is 6.72 Å². The van der Waals surface area contributed by atoms with E-state index >= 15 is 13.2 Å². The van der Waals surface area contributed by atoms with E-state index in [1.807, 2.05) is 0 Å². The molecule has 6 N–H and O–H groups in total. The molecular formula is C19H20F3N10O8PS. The number of nitrogens with one attached hydrogen (secondary N) is 1. The molecule has 0 bridgehead atoms. The highest BCUT2D eigenvalue weighted by Gasteiger charge is 2.61. The number of fused-ring (bicyclic) bond motifs is 2. The minimum atomic E-state index is -4.47. The second-order valence-electron chi connectivity index (χ2n) is 9.19. The predicted octanol–water partition coefficient (Wildman–Crippen LogP) is -1.32. The zero-order chi connectivity index (χ0) is 30.0. The highest BCUT2D eigenvalue weighted by molar-refractivity contribution is 8.07. The standard InChI is InChI=1S/C19H20F3N10O8PS/c20-8-6(1-33)38-17(31-5-28-10-14(31)25-4-27-16(10)35)11(8)40-41(36,42)37-2-7-12(34)19(21,22)18(39-7)32-15-9(29-30-32)13(23)24-3-26-15/h3-8,11-12,17-18,33-34H,1-2H2,(H,36,42)(H2,23,24,26)(H,25,27,35)/t6-,7-,8-,11-,12-,17-,18-,41?/m1/s1. The monoisotopic (exact) mass is 636 g/mol. The molecule has 6 heterocycles. The summed E-state index contributed by atoms with van der Waals surface area (Å²) in [6, 6.07) is 0. The number of aliphatic hydroxyl groups excluding tert-OH is 2. The van der Waals surface area contributed by atoms with E-state index in [1.165, 1.54) is 0 Å². The van der Waals surface area contributed by atoms with Crippen LogP contribution < -0.4 is 11.3 Å². The zero-order valence-electron chi connectivity index (χ0n) is 20.7. The smallest absolute Gasteiger partial charge is 0.325 e. The molecule has 0 radical (unpaired) electrons. The van der Waals surface area contributed by atoms with Gasteiger partial charge in [-0.1, -0.05) is 5.21 Å². The SMILES string of the molecule is Nc1ncnc2c1nnn2[C@@H]1O[C@H](COP(O)(=S)O[C@@H]2[C@H](F)[C@@H](CO)O[C@H]2n2cnc3c(=O)[nH]cnc32)[C@@H](O)C1(F)F. The normalized spacial score (nSPS) is 30.8. The number of hydrogen-bond donors (Lipinski definition) is 5. The predicted molar refractivity (Wildman–Crippen MR) is 134 cm³/mol. The van der Waals surface area contributed by atoms with Gasteiger partial charge in [-0.3, -0.25) is 13.9 Å². The van der Waals surface area contributed by atoms with Crippen LogP contribution in [-0.2, 0) is 30.3 Å². The van der Waals surface area contributed by atoms with Gasteiger partial charge in [0.2, 0.25) is 6.23 Å².